The van der Waals surface area contributed by atoms with E-state index in [0.717, 1.165) is 19.3 Å². The molecule has 7 heteroatoms. The lowest BCUT2D eigenvalue weighted by molar-refractivity contribution is -0.261. The molecule has 0 aromatic carbocycles. The van der Waals surface area contributed by atoms with Crippen LogP contribution in [-0.2, 0) is 28.6 Å². The van der Waals surface area contributed by atoms with E-state index in [1.165, 1.54) is 31.9 Å². The largest absolute Gasteiger partial charge is 0.472 e. The molecular weight excluding hydrogens is 496 g/mol. The molecule has 0 saturated heterocycles. The van der Waals surface area contributed by atoms with Gasteiger partial charge in [0.1, 0.15) is 18.3 Å². The zero-order valence-electron chi connectivity index (χ0n) is 24.7. The van der Waals surface area contributed by atoms with Gasteiger partial charge in [-0.2, -0.15) is 0 Å². The third-order valence-electron chi connectivity index (χ3n) is 11.5. The Bertz CT molecular complexity index is 1180. The van der Waals surface area contributed by atoms with Gasteiger partial charge in [-0.15, -0.1) is 0 Å². The minimum absolute atomic E-state index is 0.00842. The first kappa shape index (κ1) is 28.0. The van der Waals surface area contributed by atoms with Crippen LogP contribution in [0.1, 0.15) is 99.0 Å². The Morgan fingerprint density at radius 1 is 0.846 bits per heavy atom. The monoisotopic (exact) mass is 540 g/mol. The molecule has 5 rings (SSSR count). The van der Waals surface area contributed by atoms with Crippen molar-refractivity contribution in [2.45, 2.75) is 112 Å². The number of carbonyl (C=O) groups excluding carboxylic acids is 3. The summed E-state index contributed by atoms with van der Waals surface area (Å²) in [6.07, 6.45) is 8.67. The number of esters is 3. The number of carbonyl (C=O) groups is 3. The molecule has 39 heavy (non-hydrogen) atoms. The Kier molecular flexibility index (Phi) is 6.63. The highest BCUT2D eigenvalue weighted by atomic mass is 16.6. The van der Waals surface area contributed by atoms with Crippen LogP contribution in [0.15, 0.2) is 34.7 Å². The minimum Gasteiger partial charge on any atom is -0.472 e. The Labute approximate surface area is 232 Å². The molecule has 1 heterocycles. The first-order valence-corrected chi connectivity index (χ1v) is 14.4. The highest BCUT2D eigenvalue weighted by Gasteiger charge is 2.72. The van der Waals surface area contributed by atoms with E-state index in [9.17, 15) is 14.4 Å². The second kappa shape index (κ2) is 9.24. The van der Waals surface area contributed by atoms with Crippen LogP contribution in [0.5, 0.6) is 0 Å². The maximum Gasteiger partial charge on any atom is 0.302 e. The molecule has 1 aromatic rings. The van der Waals surface area contributed by atoms with Crippen molar-refractivity contribution in [2.24, 2.45) is 33.5 Å². The van der Waals surface area contributed by atoms with Crippen molar-refractivity contribution in [3.8, 4) is 0 Å². The molecule has 9 atom stereocenters. The van der Waals surface area contributed by atoms with Crippen LogP contribution < -0.4 is 0 Å². The zero-order valence-corrected chi connectivity index (χ0v) is 24.7. The van der Waals surface area contributed by atoms with Crippen molar-refractivity contribution in [3.63, 3.8) is 0 Å². The van der Waals surface area contributed by atoms with E-state index in [2.05, 4.69) is 46.8 Å². The molecular formula is C32H44O7. The van der Waals surface area contributed by atoms with Gasteiger partial charge >= 0.3 is 17.9 Å². The topological polar surface area (TPSA) is 92.0 Å². The van der Waals surface area contributed by atoms with Crippen LogP contribution in [0.4, 0.5) is 0 Å². The molecule has 0 N–H and O–H groups in total. The van der Waals surface area contributed by atoms with Crippen LogP contribution >= 0.6 is 0 Å². The van der Waals surface area contributed by atoms with E-state index >= 15 is 0 Å². The smallest absolute Gasteiger partial charge is 0.302 e. The number of fused-ring (bicyclic) bond motifs is 5. The molecule has 7 nitrogen and oxygen atoms in total. The van der Waals surface area contributed by atoms with Crippen molar-refractivity contribution in [2.75, 3.05) is 0 Å². The third-order valence-corrected chi connectivity index (χ3v) is 11.5. The standard InChI is InChI=1S/C32H44O7/c1-18(33)37-26-16-28(39-20(3)35)32(8)24-11-13-30(6)22(21-12-14-36-17-21)9-10-23(30)31(24,7)27(38-19(2)34)15-25(32)29(26,4)5/h10,12,14,17,22,24-28H,9,11,13,15-16H2,1-8H3/t22-,24-,25-,26+,27+,28-,30-,31-,32+/m0/s1. The Morgan fingerprint density at radius 3 is 2.05 bits per heavy atom. The second-order valence-electron chi connectivity index (χ2n) is 13.8. The van der Waals surface area contributed by atoms with Crippen molar-refractivity contribution in [3.05, 3.63) is 35.8 Å². The Morgan fingerprint density at radius 2 is 1.46 bits per heavy atom. The fourth-order valence-electron chi connectivity index (χ4n) is 9.96. The van der Waals surface area contributed by atoms with E-state index in [1.807, 2.05) is 6.26 Å². The third kappa shape index (κ3) is 4.01. The van der Waals surface area contributed by atoms with Crippen LogP contribution in [0.25, 0.3) is 0 Å². The van der Waals surface area contributed by atoms with Gasteiger partial charge in [-0.1, -0.05) is 46.3 Å². The van der Waals surface area contributed by atoms with Crippen LogP contribution in [-0.4, -0.2) is 36.2 Å². The molecule has 0 amide bonds. The summed E-state index contributed by atoms with van der Waals surface area (Å²) in [5.74, 6) is -0.574. The van der Waals surface area contributed by atoms with Crippen molar-refractivity contribution in [1.29, 1.82) is 0 Å². The van der Waals surface area contributed by atoms with Gasteiger partial charge in [0.15, 0.2) is 0 Å². The summed E-state index contributed by atoms with van der Waals surface area (Å²) in [4.78, 5) is 37.2. The lowest BCUT2D eigenvalue weighted by atomic mass is 9.36. The van der Waals surface area contributed by atoms with Crippen LogP contribution in [0.2, 0.25) is 0 Å². The number of allylic oxidation sites excluding steroid dienone is 1. The van der Waals surface area contributed by atoms with Gasteiger partial charge in [0.25, 0.3) is 0 Å². The quantitative estimate of drug-likeness (QED) is 0.249. The van der Waals surface area contributed by atoms with Gasteiger partial charge in [-0.05, 0) is 60.5 Å². The highest BCUT2D eigenvalue weighted by molar-refractivity contribution is 5.67. The SMILES string of the molecule is CC(=O)O[C@H]1C[C@@H](OC(C)=O)C(C)(C)[C@@H]2C[C@@H](OC(C)=O)[C@@]3(C)C4=CC[C@@H](c5ccoc5)[C@]4(C)CC[C@@H]3[C@@]12C. The summed E-state index contributed by atoms with van der Waals surface area (Å²) in [6.45, 7) is 15.6. The minimum atomic E-state index is -0.439. The molecule has 0 spiro atoms. The van der Waals surface area contributed by atoms with Gasteiger partial charge in [0.2, 0.25) is 0 Å². The maximum atomic E-state index is 12.6. The van der Waals surface area contributed by atoms with Crippen molar-refractivity contribution >= 4 is 17.9 Å². The summed E-state index contributed by atoms with van der Waals surface area (Å²) in [7, 11) is 0. The predicted octanol–water partition coefficient (Wildman–Crippen LogP) is 6.37. The first-order valence-electron chi connectivity index (χ1n) is 14.4. The van der Waals surface area contributed by atoms with E-state index in [0.29, 0.717) is 18.8 Å². The second-order valence-corrected chi connectivity index (χ2v) is 13.8. The fraction of sp³-hybridized carbons (Fsp3) is 0.719. The summed E-state index contributed by atoms with van der Waals surface area (Å²) in [5.41, 5.74) is 1.19. The van der Waals surface area contributed by atoms with E-state index in [-0.39, 0.29) is 41.3 Å². The molecule has 0 bridgehead atoms. The van der Waals surface area contributed by atoms with Crippen LogP contribution in [0, 0.1) is 33.5 Å². The van der Waals surface area contributed by atoms with E-state index in [1.54, 1.807) is 6.26 Å². The zero-order chi connectivity index (χ0) is 28.5. The van der Waals surface area contributed by atoms with Crippen molar-refractivity contribution in [1.82, 2.24) is 0 Å². The molecule has 0 unspecified atom stereocenters. The van der Waals surface area contributed by atoms with Gasteiger partial charge in [0.05, 0.1) is 12.5 Å². The lowest BCUT2D eigenvalue weighted by Gasteiger charge is -2.69. The Hall–Kier alpha value is -2.57. The highest BCUT2D eigenvalue weighted by Crippen LogP contribution is 2.74. The van der Waals surface area contributed by atoms with Gasteiger partial charge in [-0.3, -0.25) is 14.4 Å². The Balaban J connectivity index is 1.65. The molecule has 3 saturated carbocycles. The predicted molar refractivity (Wildman–Crippen MR) is 144 cm³/mol. The lowest BCUT2D eigenvalue weighted by Crippen LogP contribution is -2.70. The number of furan rings is 1. The molecule has 0 aliphatic heterocycles. The molecule has 4 aliphatic rings. The normalized spacial score (nSPS) is 42.3. The summed E-state index contributed by atoms with van der Waals surface area (Å²) in [5, 5.41) is 0. The average Bonchev–Trinajstić information content (AvgIpc) is 3.46. The fourth-order valence-corrected chi connectivity index (χ4v) is 9.96. The van der Waals surface area contributed by atoms with Crippen molar-refractivity contribution < 1.29 is 33.0 Å². The summed E-state index contributed by atoms with van der Waals surface area (Å²) in [6, 6.07) is 2.07. The molecule has 4 aliphatic carbocycles. The first-order chi connectivity index (χ1) is 18.2. The molecule has 3 fully saturated rings. The van der Waals surface area contributed by atoms with Gasteiger partial charge in [-0.25, -0.2) is 0 Å². The van der Waals surface area contributed by atoms with Crippen LogP contribution in [0.3, 0.4) is 0 Å². The van der Waals surface area contributed by atoms with Gasteiger partial charge in [0, 0.05) is 43.4 Å². The number of hydrogen-bond donors (Lipinski definition) is 0. The maximum absolute atomic E-state index is 12.6. The summed E-state index contributed by atoms with van der Waals surface area (Å²) < 4.78 is 23.7. The van der Waals surface area contributed by atoms with E-state index in [4.69, 9.17) is 18.6 Å². The number of hydrogen-bond acceptors (Lipinski definition) is 7. The molecule has 1 aromatic heterocycles. The number of ether oxygens (including phenoxy) is 3. The summed E-state index contributed by atoms with van der Waals surface area (Å²) >= 11 is 0. The molecule has 214 valence electrons. The average molecular weight is 541 g/mol. The molecule has 0 radical (unpaired) electrons. The van der Waals surface area contributed by atoms with Gasteiger partial charge < -0.3 is 18.6 Å². The van der Waals surface area contributed by atoms with E-state index < -0.39 is 28.5 Å². The number of rotatable bonds is 4.